The average molecular weight is 341 g/mol. The van der Waals surface area contributed by atoms with Crippen LogP contribution in [-0.4, -0.2) is 73.8 Å². The number of aryl methyl sites for hydroxylation is 1. The Kier molecular flexibility index (Phi) is 5.44. The van der Waals surface area contributed by atoms with E-state index in [1.165, 1.54) is 0 Å². The first-order chi connectivity index (χ1) is 10.7. The lowest BCUT2D eigenvalue weighted by molar-refractivity contribution is -0.910. The number of amides is 1. The number of nitrogens with zero attached hydrogens (tertiary/aromatic N) is 2. The van der Waals surface area contributed by atoms with Gasteiger partial charge < -0.3 is 9.38 Å². The third-order valence-corrected chi connectivity index (χ3v) is 5.20. The maximum absolute atomic E-state index is 12.4. The van der Waals surface area contributed by atoms with Crippen molar-refractivity contribution >= 4 is 16.0 Å². The smallest absolute Gasteiger partial charge is 0.270 e. The van der Waals surface area contributed by atoms with Gasteiger partial charge in [-0.15, -0.1) is 0 Å². The molecule has 0 spiro atoms. The summed E-state index contributed by atoms with van der Waals surface area (Å²) in [6.07, 6.45) is 0.399. The number of likely N-dealkylation sites (N-methyl/N-ethyl adjacent to an activating group) is 1. The van der Waals surface area contributed by atoms with E-state index in [2.05, 4.69) is 0 Å². The van der Waals surface area contributed by atoms with Gasteiger partial charge in [0.2, 0.25) is 5.91 Å². The molecule has 1 aliphatic rings. The van der Waals surface area contributed by atoms with Crippen molar-refractivity contribution in [2.75, 3.05) is 45.5 Å². The Bertz CT molecular complexity index is 664. The highest BCUT2D eigenvalue weighted by atomic mass is 32.2. The van der Waals surface area contributed by atoms with Crippen LogP contribution in [0.4, 0.5) is 0 Å². The van der Waals surface area contributed by atoms with E-state index in [1.54, 1.807) is 0 Å². The van der Waals surface area contributed by atoms with Gasteiger partial charge in [0.1, 0.15) is 5.75 Å². The lowest BCUT2D eigenvalue weighted by Gasteiger charge is -2.41. The third kappa shape index (κ3) is 5.60. The predicted molar refractivity (Wildman–Crippen MR) is 88.7 cm³/mol. The summed E-state index contributed by atoms with van der Waals surface area (Å²) in [5.74, 6) is -0.127. The Labute approximate surface area is 138 Å². The van der Waals surface area contributed by atoms with Gasteiger partial charge >= 0.3 is 0 Å². The number of hydrogen-bond acceptors (Lipinski definition) is 3. The standard InChI is InChI=1S/C16H24N2O4S/c1-14-4-3-5-15(12-14)13-16(19)17-6-8-18(2,9-7-17)10-11-23(20,21)22/h3-5,12H,6-11,13H2,1-2H3/p+1. The van der Waals surface area contributed by atoms with Gasteiger partial charge in [-0.2, -0.15) is 8.42 Å². The first-order valence-corrected chi connectivity index (χ1v) is 9.40. The molecule has 1 aliphatic heterocycles. The molecule has 0 radical (unpaired) electrons. The third-order valence-electron chi connectivity index (χ3n) is 4.50. The first kappa shape index (κ1) is 17.9. The topological polar surface area (TPSA) is 74.7 Å². The minimum absolute atomic E-state index is 0.108. The quantitative estimate of drug-likeness (QED) is 0.632. The van der Waals surface area contributed by atoms with Crippen LogP contribution < -0.4 is 0 Å². The van der Waals surface area contributed by atoms with Gasteiger partial charge in [0.25, 0.3) is 10.1 Å². The molecule has 1 heterocycles. The van der Waals surface area contributed by atoms with E-state index in [4.69, 9.17) is 4.55 Å². The molecule has 0 aromatic heterocycles. The second-order valence-corrected chi connectivity index (χ2v) is 8.20. The van der Waals surface area contributed by atoms with Gasteiger partial charge in [-0.25, -0.2) is 0 Å². The van der Waals surface area contributed by atoms with E-state index in [9.17, 15) is 13.2 Å². The molecule has 1 aromatic rings. The Morgan fingerprint density at radius 2 is 1.96 bits per heavy atom. The molecular weight excluding hydrogens is 316 g/mol. The van der Waals surface area contributed by atoms with Crippen LogP contribution in [0.2, 0.25) is 0 Å². The summed E-state index contributed by atoms with van der Waals surface area (Å²) in [5.41, 5.74) is 2.16. The van der Waals surface area contributed by atoms with E-state index in [0.717, 1.165) is 11.1 Å². The van der Waals surface area contributed by atoms with Crippen molar-refractivity contribution < 1.29 is 22.2 Å². The van der Waals surface area contributed by atoms with Crippen molar-refractivity contribution in [3.63, 3.8) is 0 Å². The van der Waals surface area contributed by atoms with Crippen LogP contribution >= 0.6 is 0 Å². The molecule has 0 saturated carbocycles. The fourth-order valence-electron chi connectivity index (χ4n) is 2.87. The molecule has 1 aromatic carbocycles. The van der Waals surface area contributed by atoms with Gasteiger partial charge in [-0.05, 0) is 12.5 Å². The van der Waals surface area contributed by atoms with E-state index in [1.807, 2.05) is 43.1 Å². The van der Waals surface area contributed by atoms with Crippen LogP contribution in [0.3, 0.4) is 0 Å². The molecule has 1 amide bonds. The zero-order chi connectivity index (χ0) is 17.1. The van der Waals surface area contributed by atoms with Gasteiger partial charge in [0.05, 0.1) is 46.2 Å². The number of benzene rings is 1. The second kappa shape index (κ2) is 6.98. The number of rotatable bonds is 5. The summed E-state index contributed by atoms with van der Waals surface area (Å²) in [5, 5.41) is 0. The van der Waals surface area contributed by atoms with Gasteiger partial charge in [-0.1, -0.05) is 29.8 Å². The van der Waals surface area contributed by atoms with E-state index in [-0.39, 0.29) is 11.7 Å². The molecule has 1 saturated heterocycles. The molecule has 1 fully saturated rings. The largest absolute Gasteiger partial charge is 0.331 e. The van der Waals surface area contributed by atoms with Crippen LogP contribution in [0.5, 0.6) is 0 Å². The summed E-state index contributed by atoms with van der Waals surface area (Å²) in [6, 6.07) is 7.94. The molecule has 0 atom stereocenters. The van der Waals surface area contributed by atoms with Crippen LogP contribution in [0.15, 0.2) is 24.3 Å². The molecule has 0 bridgehead atoms. The number of hydrogen-bond donors (Lipinski definition) is 1. The molecular formula is C16H25N2O4S+. The first-order valence-electron chi connectivity index (χ1n) is 7.79. The minimum Gasteiger partial charge on any atom is -0.331 e. The molecule has 7 heteroatoms. The monoisotopic (exact) mass is 341 g/mol. The molecule has 0 aliphatic carbocycles. The highest BCUT2D eigenvalue weighted by molar-refractivity contribution is 7.85. The van der Waals surface area contributed by atoms with Crippen LogP contribution in [0.25, 0.3) is 0 Å². The predicted octanol–water partition coefficient (Wildman–Crippen LogP) is 0.714. The Balaban J connectivity index is 1.87. The number of piperazine rings is 1. The summed E-state index contributed by atoms with van der Waals surface area (Å²) >= 11 is 0. The maximum atomic E-state index is 12.4. The number of carbonyl (C=O) groups is 1. The van der Waals surface area contributed by atoms with Crippen molar-refractivity contribution in [3.8, 4) is 0 Å². The summed E-state index contributed by atoms with van der Waals surface area (Å²) < 4.78 is 31.3. The average Bonchev–Trinajstić information content (AvgIpc) is 2.45. The SMILES string of the molecule is Cc1cccc(CC(=O)N2CC[N+](C)(CCS(=O)(=O)O)CC2)c1. The zero-order valence-corrected chi connectivity index (χ0v) is 14.6. The molecule has 1 N–H and O–H groups in total. The maximum Gasteiger partial charge on any atom is 0.270 e. The minimum atomic E-state index is -3.93. The van der Waals surface area contributed by atoms with E-state index in [0.29, 0.717) is 43.6 Å². The zero-order valence-electron chi connectivity index (χ0n) is 13.7. The van der Waals surface area contributed by atoms with Crippen molar-refractivity contribution in [2.24, 2.45) is 0 Å². The normalized spacial score (nSPS) is 18.0. The Morgan fingerprint density at radius 3 is 2.52 bits per heavy atom. The summed E-state index contributed by atoms with van der Waals surface area (Å²) in [6.45, 7) is 5.02. The molecule has 6 nitrogen and oxygen atoms in total. The highest BCUT2D eigenvalue weighted by Crippen LogP contribution is 2.13. The van der Waals surface area contributed by atoms with Crippen LogP contribution in [0.1, 0.15) is 11.1 Å². The van der Waals surface area contributed by atoms with Crippen LogP contribution in [-0.2, 0) is 21.3 Å². The lowest BCUT2D eigenvalue weighted by Crippen LogP contribution is -2.59. The molecule has 23 heavy (non-hydrogen) atoms. The molecule has 0 unspecified atom stereocenters. The fourth-order valence-corrected chi connectivity index (χ4v) is 3.54. The lowest BCUT2D eigenvalue weighted by atomic mass is 10.1. The van der Waals surface area contributed by atoms with Gasteiger partial charge in [-0.3, -0.25) is 9.35 Å². The van der Waals surface area contributed by atoms with Crippen molar-refractivity contribution in [1.82, 2.24) is 4.90 Å². The van der Waals surface area contributed by atoms with Crippen molar-refractivity contribution in [2.45, 2.75) is 13.3 Å². The van der Waals surface area contributed by atoms with Crippen LogP contribution in [0, 0.1) is 6.92 Å². The Hall–Kier alpha value is -1.44. The molecule has 2 rings (SSSR count). The summed E-state index contributed by atoms with van der Waals surface area (Å²) in [7, 11) is -1.97. The number of quaternary nitrogens is 1. The second-order valence-electron chi connectivity index (χ2n) is 6.62. The van der Waals surface area contributed by atoms with E-state index >= 15 is 0 Å². The van der Waals surface area contributed by atoms with Gasteiger partial charge in [0, 0.05) is 0 Å². The Morgan fingerprint density at radius 1 is 1.30 bits per heavy atom. The number of carbonyl (C=O) groups excluding carboxylic acids is 1. The summed E-state index contributed by atoms with van der Waals surface area (Å²) in [4.78, 5) is 14.2. The van der Waals surface area contributed by atoms with Crippen molar-refractivity contribution in [1.29, 1.82) is 0 Å². The highest BCUT2D eigenvalue weighted by Gasteiger charge is 2.31. The fraction of sp³-hybridized carbons (Fsp3) is 0.562. The van der Waals surface area contributed by atoms with Gasteiger partial charge in [0.15, 0.2) is 0 Å². The molecule has 128 valence electrons. The van der Waals surface area contributed by atoms with Crippen molar-refractivity contribution in [3.05, 3.63) is 35.4 Å². The van der Waals surface area contributed by atoms with E-state index < -0.39 is 10.1 Å².